The van der Waals surface area contributed by atoms with Crippen LogP contribution < -0.4 is 0 Å². The number of benzene rings is 5. The van der Waals surface area contributed by atoms with E-state index in [9.17, 15) is 0 Å². The number of aromatic nitrogens is 2. The lowest BCUT2D eigenvalue weighted by Crippen LogP contribution is -1.87. The number of fused-ring (bicyclic) bond motifs is 4. The van der Waals surface area contributed by atoms with Crippen molar-refractivity contribution in [3.05, 3.63) is 121 Å². The van der Waals surface area contributed by atoms with Gasteiger partial charge in [0.05, 0.1) is 11.2 Å². The highest BCUT2D eigenvalue weighted by Crippen LogP contribution is 2.30. The van der Waals surface area contributed by atoms with Crippen molar-refractivity contribution >= 4 is 37.8 Å². The van der Waals surface area contributed by atoms with Crippen molar-refractivity contribution in [2.24, 2.45) is 0 Å². The van der Waals surface area contributed by atoms with E-state index in [1.54, 1.807) is 0 Å². The Morgan fingerprint density at radius 1 is 0.424 bits per heavy atom. The molecule has 0 bridgehead atoms. The zero-order valence-corrected chi connectivity index (χ0v) is 17.9. The van der Waals surface area contributed by atoms with Gasteiger partial charge in [0.1, 0.15) is 0 Å². The van der Waals surface area contributed by atoms with Gasteiger partial charge in [-0.25, -0.2) is 4.52 Å². The fraction of sp³-hybridized carbons (Fsp3) is 0. The third-order valence-corrected chi connectivity index (χ3v) is 6.54. The lowest BCUT2D eigenvalue weighted by molar-refractivity contribution is 0.974. The summed E-state index contributed by atoms with van der Waals surface area (Å²) in [6.45, 7) is 0. The van der Waals surface area contributed by atoms with Crippen LogP contribution >= 0.6 is 0 Å². The van der Waals surface area contributed by atoms with E-state index in [0.29, 0.717) is 0 Å². The molecule has 2 heterocycles. The Bertz CT molecular complexity index is 1770. The Morgan fingerprint density at radius 2 is 0.939 bits per heavy atom. The molecule has 2 nitrogen and oxygen atoms in total. The second-order valence-electron chi connectivity index (χ2n) is 8.64. The summed E-state index contributed by atoms with van der Waals surface area (Å²) in [6.07, 6.45) is 2.10. The van der Waals surface area contributed by atoms with E-state index in [0.717, 1.165) is 16.8 Å². The van der Waals surface area contributed by atoms with Gasteiger partial charge in [-0.05, 0) is 68.4 Å². The van der Waals surface area contributed by atoms with E-state index in [1.165, 1.54) is 43.4 Å². The standard InChI is InChI=1S/C31H20N2/c1-2-6-22-15-24(10-9-21(22)5-1)25-11-12-27-17-28(14-13-26(27)16-25)31-19-30-18-23-7-3-4-8-29(23)20-33(30)32-31/h1-20H. The lowest BCUT2D eigenvalue weighted by atomic mass is 9.97. The van der Waals surface area contributed by atoms with E-state index in [1.807, 2.05) is 4.52 Å². The predicted octanol–water partition coefficient (Wildman–Crippen LogP) is 8.13. The molecule has 0 amide bonds. The minimum atomic E-state index is 0.991. The van der Waals surface area contributed by atoms with Gasteiger partial charge < -0.3 is 0 Å². The van der Waals surface area contributed by atoms with Crippen LogP contribution in [0.2, 0.25) is 0 Å². The smallest absolute Gasteiger partial charge is 0.0933 e. The van der Waals surface area contributed by atoms with Gasteiger partial charge >= 0.3 is 0 Å². The fourth-order valence-corrected chi connectivity index (χ4v) is 4.77. The summed E-state index contributed by atoms with van der Waals surface area (Å²) in [7, 11) is 0. The highest BCUT2D eigenvalue weighted by Gasteiger charge is 2.08. The molecule has 7 rings (SSSR count). The van der Waals surface area contributed by atoms with Crippen molar-refractivity contribution in [2.45, 2.75) is 0 Å². The number of pyridine rings is 1. The second kappa shape index (κ2) is 7.04. The van der Waals surface area contributed by atoms with Gasteiger partial charge in [0, 0.05) is 17.1 Å². The van der Waals surface area contributed by atoms with Gasteiger partial charge in [-0.15, -0.1) is 0 Å². The zero-order valence-electron chi connectivity index (χ0n) is 17.9. The summed E-state index contributed by atoms with van der Waals surface area (Å²) in [4.78, 5) is 0. The Labute approximate surface area is 191 Å². The molecule has 0 aliphatic heterocycles. The maximum atomic E-state index is 4.85. The Kier molecular flexibility index (Phi) is 3.88. The molecule has 0 N–H and O–H groups in total. The molecule has 0 aliphatic rings. The zero-order chi connectivity index (χ0) is 21.8. The molecule has 0 spiro atoms. The van der Waals surface area contributed by atoms with Gasteiger partial charge in [0.25, 0.3) is 0 Å². The molecule has 0 aliphatic carbocycles. The summed E-state index contributed by atoms with van der Waals surface area (Å²) < 4.78 is 1.98. The van der Waals surface area contributed by atoms with Gasteiger partial charge in [0.15, 0.2) is 0 Å². The average Bonchev–Trinajstić information content (AvgIpc) is 3.29. The van der Waals surface area contributed by atoms with Crippen LogP contribution in [0.3, 0.4) is 0 Å². The second-order valence-corrected chi connectivity index (χ2v) is 8.64. The van der Waals surface area contributed by atoms with Crippen molar-refractivity contribution < 1.29 is 0 Å². The predicted molar refractivity (Wildman–Crippen MR) is 139 cm³/mol. The van der Waals surface area contributed by atoms with Crippen LogP contribution in [0, 0.1) is 0 Å². The Balaban J connectivity index is 1.29. The molecule has 2 aromatic heterocycles. The maximum absolute atomic E-state index is 4.85. The monoisotopic (exact) mass is 420 g/mol. The van der Waals surface area contributed by atoms with E-state index in [4.69, 9.17) is 5.10 Å². The van der Waals surface area contributed by atoms with Gasteiger partial charge in [-0.1, -0.05) is 84.9 Å². The fourth-order valence-electron chi connectivity index (χ4n) is 4.77. The highest BCUT2D eigenvalue weighted by atomic mass is 15.2. The minimum Gasteiger partial charge on any atom is -0.240 e. The molecule has 0 unspecified atom stereocenters. The molecule has 0 atom stereocenters. The lowest BCUT2D eigenvalue weighted by Gasteiger charge is -2.07. The Morgan fingerprint density at radius 3 is 1.67 bits per heavy atom. The number of hydrogen-bond donors (Lipinski definition) is 0. The summed E-state index contributed by atoms with van der Waals surface area (Å²) >= 11 is 0. The maximum Gasteiger partial charge on any atom is 0.0933 e. The SMILES string of the molecule is c1ccc2cc(-c3ccc4cc(-c5cc6cc7ccccc7cn6n5)ccc4c3)ccc2c1. The first-order chi connectivity index (χ1) is 16.3. The molecular weight excluding hydrogens is 400 g/mol. The van der Waals surface area contributed by atoms with Crippen molar-refractivity contribution in [2.75, 3.05) is 0 Å². The summed E-state index contributed by atoms with van der Waals surface area (Å²) in [6, 6.07) is 41.3. The minimum absolute atomic E-state index is 0.991. The molecule has 0 saturated carbocycles. The molecular formula is C31H20N2. The molecule has 0 radical (unpaired) electrons. The van der Waals surface area contributed by atoms with Gasteiger partial charge in [-0.3, -0.25) is 0 Å². The molecule has 2 heteroatoms. The molecule has 7 aromatic rings. The van der Waals surface area contributed by atoms with Crippen LogP contribution in [0.5, 0.6) is 0 Å². The van der Waals surface area contributed by atoms with Crippen LogP contribution in [0.1, 0.15) is 0 Å². The van der Waals surface area contributed by atoms with Crippen molar-refractivity contribution in [1.29, 1.82) is 0 Å². The van der Waals surface area contributed by atoms with Crippen molar-refractivity contribution in [3.8, 4) is 22.4 Å². The quantitative estimate of drug-likeness (QED) is 0.276. The third-order valence-electron chi connectivity index (χ3n) is 6.54. The van der Waals surface area contributed by atoms with E-state index < -0.39 is 0 Å². The molecule has 33 heavy (non-hydrogen) atoms. The normalized spacial score (nSPS) is 11.6. The van der Waals surface area contributed by atoms with Crippen LogP contribution in [0.15, 0.2) is 121 Å². The summed E-state index contributed by atoms with van der Waals surface area (Å²) in [5.41, 5.74) is 5.71. The molecule has 0 saturated heterocycles. The molecule has 5 aromatic carbocycles. The largest absolute Gasteiger partial charge is 0.240 e. The Hall–Kier alpha value is -4.43. The average molecular weight is 421 g/mol. The highest BCUT2D eigenvalue weighted by molar-refractivity contribution is 5.93. The van der Waals surface area contributed by atoms with E-state index in [2.05, 4.69) is 121 Å². The van der Waals surface area contributed by atoms with Crippen LogP contribution in [-0.4, -0.2) is 9.61 Å². The summed E-state index contributed by atoms with van der Waals surface area (Å²) in [5.74, 6) is 0. The van der Waals surface area contributed by atoms with Gasteiger partial charge in [0.2, 0.25) is 0 Å². The number of hydrogen-bond acceptors (Lipinski definition) is 1. The van der Waals surface area contributed by atoms with Crippen LogP contribution in [0.25, 0.3) is 60.2 Å². The molecule has 0 fully saturated rings. The number of rotatable bonds is 2. The third kappa shape index (κ3) is 3.07. The summed E-state index contributed by atoms with van der Waals surface area (Å²) in [5, 5.41) is 12.3. The van der Waals surface area contributed by atoms with Crippen molar-refractivity contribution in [3.63, 3.8) is 0 Å². The number of nitrogens with zero attached hydrogens (tertiary/aromatic N) is 2. The van der Waals surface area contributed by atoms with Crippen LogP contribution in [-0.2, 0) is 0 Å². The van der Waals surface area contributed by atoms with E-state index in [-0.39, 0.29) is 0 Å². The molecule has 154 valence electrons. The van der Waals surface area contributed by atoms with Gasteiger partial charge in [-0.2, -0.15) is 5.10 Å². The van der Waals surface area contributed by atoms with Crippen LogP contribution in [0.4, 0.5) is 0 Å². The first-order valence-electron chi connectivity index (χ1n) is 11.2. The van der Waals surface area contributed by atoms with Crippen molar-refractivity contribution in [1.82, 2.24) is 9.61 Å². The first kappa shape index (κ1) is 18.2. The van der Waals surface area contributed by atoms with E-state index >= 15 is 0 Å². The first-order valence-corrected chi connectivity index (χ1v) is 11.2. The topological polar surface area (TPSA) is 17.3 Å².